The summed E-state index contributed by atoms with van der Waals surface area (Å²) < 4.78 is 76.0. The van der Waals surface area contributed by atoms with Crippen LogP contribution in [-0.4, -0.2) is 22.8 Å². The molecule has 0 radical (unpaired) electrons. The molecule has 62 heavy (non-hydrogen) atoms. The Morgan fingerprint density at radius 2 is 1.52 bits per heavy atom. The van der Waals surface area contributed by atoms with Gasteiger partial charge in [0, 0.05) is 39.4 Å². The molecule has 9 aromatic rings. The summed E-state index contributed by atoms with van der Waals surface area (Å²) in [7, 11) is 0. The van der Waals surface area contributed by atoms with Gasteiger partial charge in [0.25, 0.3) is 0 Å². The Hall–Kier alpha value is -7.11. The lowest BCUT2D eigenvalue weighted by molar-refractivity contribution is 0.306. The second-order valence-electron chi connectivity index (χ2n) is 17.0. The van der Waals surface area contributed by atoms with Crippen molar-refractivity contribution in [1.29, 1.82) is 0 Å². The molecule has 0 bridgehead atoms. The average Bonchev–Trinajstić information content (AvgIpc) is 3.89. The molecule has 306 valence electrons. The third-order valence-electron chi connectivity index (χ3n) is 11.9. The molecule has 0 amide bonds. The summed E-state index contributed by atoms with van der Waals surface area (Å²) in [6, 6.07) is 46.9. The van der Waals surface area contributed by atoms with Crippen LogP contribution in [-0.2, 0) is 18.4 Å². The number of pyridine rings is 1. The fourth-order valence-electron chi connectivity index (χ4n) is 8.75. The van der Waals surface area contributed by atoms with Gasteiger partial charge in [-0.15, -0.1) is 0 Å². The van der Waals surface area contributed by atoms with E-state index in [0.717, 1.165) is 67.1 Å². The molecular weight excluding hydrogens is 757 g/mol. The van der Waals surface area contributed by atoms with E-state index in [1.807, 2.05) is 36.5 Å². The van der Waals surface area contributed by atoms with Crippen LogP contribution in [0, 0.1) is 6.85 Å². The summed E-state index contributed by atoms with van der Waals surface area (Å²) >= 11 is 0. The number of aromatic nitrogens is 2. The maximum absolute atomic E-state index is 8.68. The van der Waals surface area contributed by atoms with E-state index in [1.54, 1.807) is 18.2 Å². The van der Waals surface area contributed by atoms with E-state index < -0.39 is 25.0 Å². The van der Waals surface area contributed by atoms with E-state index in [1.165, 1.54) is 5.56 Å². The third-order valence-corrected chi connectivity index (χ3v) is 11.9. The van der Waals surface area contributed by atoms with Gasteiger partial charge >= 0.3 is 0 Å². The van der Waals surface area contributed by atoms with E-state index in [0.29, 0.717) is 43.8 Å². The van der Waals surface area contributed by atoms with Crippen molar-refractivity contribution in [3.05, 3.63) is 204 Å². The monoisotopic (exact) mass is 816 g/mol. The van der Waals surface area contributed by atoms with Crippen molar-refractivity contribution in [2.75, 3.05) is 23.0 Å². The van der Waals surface area contributed by atoms with Gasteiger partial charge in [0.2, 0.25) is 0 Å². The van der Waals surface area contributed by atoms with Crippen molar-refractivity contribution in [2.45, 2.75) is 52.5 Å². The van der Waals surface area contributed by atoms with Crippen LogP contribution in [0.25, 0.3) is 49.9 Å². The molecule has 0 spiro atoms. The first kappa shape index (κ1) is 30.8. The fourth-order valence-corrected chi connectivity index (χ4v) is 8.75. The maximum atomic E-state index is 8.68. The van der Waals surface area contributed by atoms with Crippen molar-refractivity contribution < 1.29 is 15.7 Å². The average molecular weight is 817 g/mol. The van der Waals surface area contributed by atoms with Crippen molar-refractivity contribution in [1.82, 2.24) is 9.55 Å². The first-order chi connectivity index (χ1) is 33.6. The lowest BCUT2D eigenvalue weighted by Crippen LogP contribution is -2.29. The summed E-state index contributed by atoms with van der Waals surface area (Å²) in [5.74, 6) is 1.59. The predicted molar refractivity (Wildman–Crippen MR) is 259 cm³/mol. The molecule has 0 unspecified atom stereocenters. The summed E-state index contributed by atoms with van der Waals surface area (Å²) in [6.45, 7) is 5.65. The molecule has 0 aliphatic carbocycles. The number of hydrogen-bond donors (Lipinski definition) is 0. The van der Waals surface area contributed by atoms with Gasteiger partial charge in [-0.2, -0.15) is 0 Å². The summed E-state index contributed by atoms with van der Waals surface area (Å²) in [5, 5.41) is 2.25. The Bertz CT molecular complexity index is 3420. The van der Waals surface area contributed by atoms with Crippen LogP contribution in [0.4, 0.5) is 17.1 Å². The number of nitrogens with zero attached hydrogens (tertiary/aromatic N) is 4. The molecule has 0 saturated heterocycles. The smallest absolute Gasteiger partial charge is 0.137 e. The first-order valence-corrected chi connectivity index (χ1v) is 21.2. The fraction of sp³-hybridized carbons (Fsp3) is 0.175. The number of para-hydroxylation sites is 2. The molecule has 0 N–H and O–H groups in total. The van der Waals surface area contributed by atoms with Crippen LogP contribution in [0.2, 0.25) is 0 Å². The van der Waals surface area contributed by atoms with Crippen molar-refractivity contribution in [2.24, 2.45) is 0 Å². The minimum Gasteiger partial charge on any atom is -0.489 e. The lowest BCUT2D eigenvalue weighted by Gasteiger charge is -2.23. The van der Waals surface area contributed by atoms with Gasteiger partial charge in [0.1, 0.15) is 18.2 Å². The SMILES string of the molecule is [2H]c1c([2H])c([2H])c(-c2cccc(C([2H])([2H])[2H])c2CCCN2CN(c3cccc(COc4ccc5c6cc(-c7ccccc7)ccc6n(-c6cc(C(C)(C)C)ccn6)c5c4)c3)c3ccccc32)c([2H])c1[2H]. The van der Waals surface area contributed by atoms with Gasteiger partial charge in [-0.05, 0) is 130 Å². The van der Waals surface area contributed by atoms with Gasteiger partial charge in [-0.25, -0.2) is 4.98 Å². The van der Waals surface area contributed by atoms with Crippen LogP contribution in [0.1, 0.15) is 60.4 Å². The number of benzene rings is 7. The molecule has 5 nitrogen and oxygen atoms in total. The quantitative estimate of drug-likeness (QED) is 0.130. The van der Waals surface area contributed by atoms with E-state index >= 15 is 0 Å². The number of rotatable bonds is 11. The molecule has 1 aliphatic rings. The second kappa shape index (κ2) is 16.4. The van der Waals surface area contributed by atoms with E-state index in [9.17, 15) is 0 Å². The molecular formula is C57H52N4O. The zero-order chi connectivity index (χ0) is 49.1. The molecule has 0 fully saturated rings. The van der Waals surface area contributed by atoms with Gasteiger partial charge in [0.05, 0.1) is 35.9 Å². The van der Waals surface area contributed by atoms with E-state index in [4.69, 9.17) is 20.7 Å². The van der Waals surface area contributed by atoms with E-state index in [2.05, 4.69) is 132 Å². The number of anilines is 3. The van der Waals surface area contributed by atoms with Gasteiger partial charge in [-0.1, -0.05) is 130 Å². The van der Waals surface area contributed by atoms with Gasteiger partial charge in [-0.3, -0.25) is 4.57 Å². The molecule has 1 aliphatic heterocycles. The number of ether oxygens (including phenoxy) is 1. The highest BCUT2D eigenvalue weighted by atomic mass is 16.5. The molecule has 0 saturated carbocycles. The van der Waals surface area contributed by atoms with Crippen molar-refractivity contribution >= 4 is 38.9 Å². The summed E-state index contributed by atoms with van der Waals surface area (Å²) in [6.07, 6.45) is 2.76. The molecule has 3 heterocycles. The Morgan fingerprint density at radius 1 is 0.694 bits per heavy atom. The largest absolute Gasteiger partial charge is 0.489 e. The van der Waals surface area contributed by atoms with Gasteiger partial charge in [0.15, 0.2) is 0 Å². The number of fused-ring (bicyclic) bond motifs is 4. The topological polar surface area (TPSA) is 33.5 Å². The zero-order valence-corrected chi connectivity index (χ0v) is 35.2. The van der Waals surface area contributed by atoms with Crippen LogP contribution in [0.3, 0.4) is 0 Å². The lowest BCUT2D eigenvalue weighted by atomic mass is 9.88. The Morgan fingerprint density at radius 3 is 2.35 bits per heavy atom. The van der Waals surface area contributed by atoms with Crippen LogP contribution >= 0.6 is 0 Å². The predicted octanol–water partition coefficient (Wildman–Crippen LogP) is 14.2. The van der Waals surface area contributed by atoms with Gasteiger partial charge < -0.3 is 14.5 Å². The molecule has 10 rings (SSSR count). The minimum atomic E-state index is -2.47. The third kappa shape index (κ3) is 7.60. The van der Waals surface area contributed by atoms with Crippen molar-refractivity contribution in [3.63, 3.8) is 0 Å². The number of hydrogen-bond acceptors (Lipinski definition) is 4. The highest BCUT2D eigenvalue weighted by molar-refractivity contribution is 6.10. The Balaban J connectivity index is 0.908. The first-order valence-electron chi connectivity index (χ1n) is 25.2. The van der Waals surface area contributed by atoms with E-state index in [-0.39, 0.29) is 28.6 Å². The normalized spacial score (nSPS) is 14.7. The Kier molecular flexibility index (Phi) is 8.16. The molecule has 7 aromatic carbocycles. The zero-order valence-electron chi connectivity index (χ0n) is 43.2. The Labute approximate surface area is 376 Å². The second-order valence-corrected chi connectivity index (χ2v) is 17.0. The number of aryl methyl sites for hydroxylation is 1. The van der Waals surface area contributed by atoms with Crippen LogP contribution in [0.5, 0.6) is 5.75 Å². The van der Waals surface area contributed by atoms with Crippen LogP contribution in [0.15, 0.2) is 182 Å². The summed E-state index contributed by atoms with van der Waals surface area (Å²) in [4.78, 5) is 9.44. The molecule has 0 atom stereocenters. The molecule has 2 aromatic heterocycles. The minimum absolute atomic E-state index is 0.00851. The summed E-state index contributed by atoms with van der Waals surface area (Å²) in [5.41, 5.74) is 10.5. The van der Waals surface area contributed by atoms with Crippen molar-refractivity contribution in [3.8, 4) is 33.8 Å². The standard InChI is InChI=1S/C57H52N4O/c1-40-16-13-23-49(43-20-9-6-10-21-43)48(40)24-15-33-59-39-60(54-26-12-11-25-53(54)59)46-22-14-17-41(34-46)38-62-47-28-29-50-51-35-44(42-18-7-5-8-19-42)27-30-52(51)61(55(50)37-47)56-36-45(31-32-58-56)57(2,3)4/h5-14,16-23,25-32,34-37H,15,24,33,38-39H2,1-4H3/i1D3,6D,9D,10D,20D,21D. The highest BCUT2D eigenvalue weighted by Gasteiger charge is 2.27. The maximum Gasteiger partial charge on any atom is 0.137 e. The van der Waals surface area contributed by atoms with Crippen LogP contribution < -0.4 is 14.5 Å². The molecule has 5 heteroatoms. The highest BCUT2D eigenvalue weighted by Crippen LogP contribution is 2.42.